The molecule has 6 heteroatoms. The maximum Gasteiger partial charge on any atom is 0.261 e. The number of para-hydroxylation sites is 1. The van der Waals surface area contributed by atoms with E-state index in [-0.39, 0.29) is 24.1 Å². The monoisotopic (exact) mass is 353 g/mol. The van der Waals surface area contributed by atoms with Gasteiger partial charge in [-0.15, -0.1) is 11.3 Å². The maximum absolute atomic E-state index is 12.9. The van der Waals surface area contributed by atoms with Crippen LogP contribution in [0, 0.1) is 0 Å². The lowest BCUT2D eigenvalue weighted by molar-refractivity contribution is -0.134. The smallest absolute Gasteiger partial charge is 0.261 e. The Morgan fingerprint density at radius 1 is 1.32 bits per heavy atom. The molecule has 1 amide bonds. The molecule has 3 aromatic rings. The Balaban J connectivity index is 1.62. The summed E-state index contributed by atoms with van der Waals surface area (Å²) in [6, 6.07) is 9.44. The molecular weight excluding hydrogens is 334 g/mol. The molecule has 2 aromatic heterocycles. The van der Waals surface area contributed by atoms with Gasteiger partial charge in [-0.1, -0.05) is 19.1 Å². The lowest BCUT2D eigenvalue weighted by Gasteiger charge is -2.35. The molecule has 1 atom stereocenters. The van der Waals surface area contributed by atoms with Crippen molar-refractivity contribution in [1.29, 1.82) is 0 Å². The number of rotatable bonds is 3. The van der Waals surface area contributed by atoms with Crippen LogP contribution in [-0.2, 0) is 17.8 Å². The summed E-state index contributed by atoms with van der Waals surface area (Å²) in [4.78, 5) is 33.1. The lowest BCUT2D eigenvalue weighted by atomic mass is 9.98. The molecule has 3 heterocycles. The van der Waals surface area contributed by atoms with Crippen LogP contribution >= 0.6 is 11.3 Å². The summed E-state index contributed by atoms with van der Waals surface area (Å²) in [6.07, 6.45) is 3.24. The Morgan fingerprint density at radius 3 is 3.00 bits per heavy atom. The summed E-state index contributed by atoms with van der Waals surface area (Å²) >= 11 is 1.76. The van der Waals surface area contributed by atoms with Crippen LogP contribution in [0.5, 0.6) is 0 Å². The molecule has 0 spiro atoms. The molecule has 1 aliphatic heterocycles. The summed E-state index contributed by atoms with van der Waals surface area (Å²) in [5.41, 5.74) is 1.75. The third kappa shape index (κ3) is 2.76. The highest BCUT2D eigenvalue weighted by Crippen LogP contribution is 2.35. The number of fused-ring (bicyclic) bond motifs is 2. The molecule has 128 valence electrons. The van der Waals surface area contributed by atoms with E-state index in [4.69, 9.17) is 0 Å². The van der Waals surface area contributed by atoms with Crippen molar-refractivity contribution in [3.05, 3.63) is 62.8 Å². The molecule has 0 bridgehead atoms. The average Bonchev–Trinajstić information content (AvgIpc) is 3.12. The van der Waals surface area contributed by atoms with Crippen LogP contribution in [0.15, 0.2) is 46.8 Å². The molecule has 0 fully saturated rings. The van der Waals surface area contributed by atoms with Gasteiger partial charge in [-0.25, -0.2) is 4.98 Å². The van der Waals surface area contributed by atoms with Crippen LogP contribution in [-0.4, -0.2) is 26.9 Å². The van der Waals surface area contributed by atoms with Gasteiger partial charge in [0.15, 0.2) is 0 Å². The molecule has 5 nitrogen and oxygen atoms in total. The topological polar surface area (TPSA) is 55.2 Å². The van der Waals surface area contributed by atoms with Gasteiger partial charge in [0.25, 0.3) is 5.56 Å². The van der Waals surface area contributed by atoms with Crippen molar-refractivity contribution in [2.24, 2.45) is 0 Å². The van der Waals surface area contributed by atoms with E-state index < -0.39 is 0 Å². The molecule has 0 saturated heterocycles. The average molecular weight is 353 g/mol. The van der Waals surface area contributed by atoms with Crippen LogP contribution in [0.25, 0.3) is 10.9 Å². The second kappa shape index (κ2) is 6.44. The third-order valence-corrected chi connectivity index (χ3v) is 5.84. The predicted molar refractivity (Wildman–Crippen MR) is 98.8 cm³/mol. The zero-order valence-electron chi connectivity index (χ0n) is 14.0. The zero-order valence-corrected chi connectivity index (χ0v) is 14.8. The largest absolute Gasteiger partial charge is 0.334 e. The van der Waals surface area contributed by atoms with Crippen LogP contribution in [0.4, 0.5) is 0 Å². The molecule has 1 aliphatic rings. The van der Waals surface area contributed by atoms with E-state index in [0.717, 1.165) is 12.8 Å². The minimum atomic E-state index is -0.166. The quantitative estimate of drug-likeness (QED) is 0.727. The molecule has 0 saturated carbocycles. The molecule has 0 N–H and O–H groups in total. The molecule has 25 heavy (non-hydrogen) atoms. The molecule has 1 unspecified atom stereocenters. The number of hydrogen-bond acceptors (Lipinski definition) is 4. The van der Waals surface area contributed by atoms with E-state index in [0.29, 0.717) is 17.4 Å². The van der Waals surface area contributed by atoms with Crippen molar-refractivity contribution in [1.82, 2.24) is 14.5 Å². The van der Waals surface area contributed by atoms with Crippen molar-refractivity contribution in [2.45, 2.75) is 32.4 Å². The molecule has 1 aromatic carbocycles. The summed E-state index contributed by atoms with van der Waals surface area (Å²) in [7, 11) is 0. The number of carbonyl (C=O) groups is 1. The highest BCUT2D eigenvalue weighted by atomic mass is 32.1. The molecule has 0 radical (unpaired) electrons. The van der Waals surface area contributed by atoms with Crippen LogP contribution in [0.3, 0.4) is 0 Å². The minimum absolute atomic E-state index is 0.0251. The standard InChI is InChI=1S/C19H19N3O2S/c1-2-16-14-8-10-25-17(14)7-9-22(16)18(23)11-21-12-20-15-6-4-3-5-13(15)19(21)24/h3-6,8,10,12,16H,2,7,9,11H2,1H3. The Morgan fingerprint density at radius 2 is 2.16 bits per heavy atom. The van der Waals surface area contributed by atoms with Gasteiger partial charge in [0, 0.05) is 11.4 Å². The van der Waals surface area contributed by atoms with E-state index in [2.05, 4.69) is 23.4 Å². The number of carbonyl (C=O) groups excluding carboxylic acids is 1. The van der Waals surface area contributed by atoms with Crippen LogP contribution < -0.4 is 5.56 Å². The van der Waals surface area contributed by atoms with Gasteiger partial charge in [-0.3, -0.25) is 14.2 Å². The molecule has 0 aliphatic carbocycles. The van der Waals surface area contributed by atoms with Crippen molar-refractivity contribution < 1.29 is 4.79 Å². The van der Waals surface area contributed by atoms with Gasteiger partial charge in [-0.2, -0.15) is 0 Å². The molecular formula is C19H19N3O2S. The van der Waals surface area contributed by atoms with Gasteiger partial charge in [0.1, 0.15) is 6.54 Å². The second-order valence-electron chi connectivity index (χ2n) is 6.26. The SMILES string of the molecule is CCC1c2ccsc2CCN1C(=O)Cn1cnc2ccccc2c1=O. The number of aromatic nitrogens is 2. The van der Waals surface area contributed by atoms with E-state index >= 15 is 0 Å². The van der Waals surface area contributed by atoms with Gasteiger partial charge in [0.05, 0.1) is 23.3 Å². The second-order valence-corrected chi connectivity index (χ2v) is 7.26. The normalized spacial score (nSPS) is 16.8. The first-order valence-corrected chi connectivity index (χ1v) is 9.37. The number of benzene rings is 1. The predicted octanol–water partition coefficient (Wildman–Crippen LogP) is 2.99. The first-order chi connectivity index (χ1) is 12.2. The minimum Gasteiger partial charge on any atom is -0.334 e. The van der Waals surface area contributed by atoms with Gasteiger partial charge in [-0.05, 0) is 42.0 Å². The first-order valence-electron chi connectivity index (χ1n) is 8.49. The fourth-order valence-corrected chi connectivity index (χ4v) is 4.52. The Bertz CT molecular complexity index is 991. The fourth-order valence-electron chi connectivity index (χ4n) is 3.59. The summed E-state index contributed by atoms with van der Waals surface area (Å²) in [6.45, 7) is 2.84. The van der Waals surface area contributed by atoms with Crippen LogP contribution in [0.1, 0.15) is 29.8 Å². The molecule has 4 rings (SSSR count). The van der Waals surface area contributed by atoms with Gasteiger partial charge >= 0.3 is 0 Å². The maximum atomic E-state index is 12.9. The number of thiophene rings is 1. The summed E-state index contributed by atoms with van der Waals surface area (Å²) in [5.74, 6) is -0.0251. The van der Waals surface area contributed by atoms with Crippen molar-refractivity contribution in [2.75, 3.05) is 6.54 Å². The number of amides is 1. The Kier molecular flexibility index (Phi) is 4.13. The Labute approximate surface area is 149 Å². The number of nitrogens with zero attached hydrogens (tertiary/aromatic N) is 3. The van der Waals surface area contributed by atoms with Crippen molar-refractivity contribution in [3.8, 4) is 0 Å². The number of hydrogen-bond donors (Lipinski definition) is 0. The zero-order chi connectivity index (χ0) is 17.4. The van der Waals surface area contributed by atoms with E-state index in [1.54, 1.807) is 23.5 Å². The third-order valence-electron chi connectivity index (χ3n) is 4.84. The van der Waals surface area contributed by atoms with Crippen molar-refractivity contribution in [3.63, 3.8) is 0 Å². The van der Waals surface area contributed by atoms with Crippen LogP contribution in [0.2, 0.25) is 0 Å². The highest BCUT2D eigenvalue weighted by molar-refractivity contribution is 7.10. The first kappa shape index (κ1) is 16.0. The van der Waals surface area contributed by atoms with Gasteiger partial charge in [0.2, 0.25) is 5.91 Å². The van der Waals surface area contributed by atoms with E-state index in [9.17, 15) is 9.59 Å². The highest BCUT2D eigenvalue weighted by Gasteiger charge is 2.30. The van der Waals surface area contributed by atoms with Crippen molar-refractivity contribution >= 4 is 28.1 Å². The van der Waals surface area contributed by atoms with E-state index in [1.165, 1.54) is 21.3 Å². The summed E-state index contributed by atoms with van der Waals surface area (Å²) < 4.78 is 1.42. The fraction of sp³-hybridized carbons (Fsp3) is 0.316. The lowest BCUT2D eigenvalue weighted by Crippen LogP contribution is -2.42. The summed E-state index contributed by atoms with van der Waals surface area (Å²) in [5, 5.41) is 2.64. The van der Waals surface area contributed by atoms with Gasteiger partial charge < -0.3 is 4.90 Å². The Hall–Kier alpha value is -2.47. The van der Waals surface area contributed by atoms with E-state index in [1.807, 2.05) is 17.0 Å².